The predicted molar refractivity (Wildman–Crippen MR) is 80.2 cm³/mol. The van der Waals surface area contributed by atoms with Crippen molar-refractivity contribution in [3.63, 3.8) is 0 Å². The highest BCUT2D eigenvalue weighted by molar-refractivity contribution is 7.89. The van der Waals surface area contributed by atoms with Gasteiger partial charge in [-0.1, -0.05) is 30.1 Å². The molecule has 4 nitrogen and oxygen atoms in total. The minimum absolute atomic E-state index is 0.0339. The molecule has 0 saturated carbocycles. The molecule has 20 heavy (non-hydrogen) atoms. The highest BCUT2D eigenvalue weighted by Gasteiger charge is 2.32. The van der Waals surface area contributed by atoms with Crippen LogP contribution in [0.4, 0.5) is 0 Å². The van der Waals surface area contributed by atoms with Crippen molar-refractivity contribution in [1.82, 2.24) is 4.31 Å². The van der Waals surface area contributed by atoms with E-state index in [-0.39, 0.29) is 20.7 Å². The van der Waals surface area contributed by atoms with E-state index in [0.29, 0.717) is 19.0 Å². The van der Waals surface area contributed by atoms with Crippen LogP contribution in [0.1, 0.15) is 19.8 Å². The Labute approximate surface area is 129 Å². The Bertz CT molecular complexity index is 604. The van der Waals surface area contributed by atoms with Gasteiger partial charge in [0.1, 0.15) is 4.90 Å². The van der Waals surface area contributed by atoms with Crippen molar-refractivity contribution in [3.05, 3.63) is 22.2 Å². The number of halogens is 2. The zero-order valence-electron chi connectivity index (χ0n) is 11.4. The van der Waals surface area contributed by atoms with Crippen LogP contribution < -0.4 is 4.74 Å². The largest absolute Gasteiger partial charge is 0.494 e. The lowest BCUT2D eigenvalue weighted by Crippen LogP contribution is -2.39. The summed E-state index contributed by atoms with van der Waals surface area (Å²) in [6.07, 6.45) is 1.90. The van der Waals surface area contributed by atoms with E-state index in [4.69, 9.17) is 27.9 Å². The minimum Gasteiger partial charge on any atom is -0.494 e. The highest BCUT2D eigenvalue weighted by Crippen LogP contribution is 2.37. The van der Waals surface area contributed by atoms with Crippen molar-refractivity contribution >= 4 is 33.2 Å². The van der Waals surface area contributed by atoms with Gasteiger partial charge in [-0.2, -0.15) is 4.31 Å². The molecule has 1 atom stereocenters. The third kappa shape index (κ3) is 3.06. The van der Waals surface area contributed by atoms with Crippen LogP contribution in [0.15, 0.2) is 17.0 Å². The predicted octanol–water partition coefficient (Wildman–Crippen LogP) is 3.42. The summed E-state index contributed by atoms with van der Waals surface area (Å²) in [5, 5.41) is 0.475. The molecule has 0 radical (unpaired) electrons. The van der Waals surface area contributed by atoms with Gasteiger partial charge in [-0.25, -0.2) is 8.42 Å². The SMILES string of the molecule is COc1c(Cl)cc(Cl)cc1S(=O)(=O)N1CCCC(C)C1. The molecule has 0 aliphatic carbocycles. The number of ether oxygens (including phenoxy) is 1. The summed E-state index contributed by atoms with van der Waals surface area (Å²) < 4.78 is 32.1. The fourth-order valence-electron chi connectivity index (χ4n) is 2.43. The van der Waals surface area contributed by atoms with Gasteiger partial charge in [0.2, 0.25) is 10.0 Å². The molecule has 2 rings (SSSR count). The first-order valence-corrected chi connectivity index (χ1v) is 8.59. The zero-order valence-corrected chi connectivity index (χ0v) is 13.7. The second-order valence-corrected chi connectivity index (χ2v) is 7.78. The fourth-order valence-corrected chi connectivity index (χ4v) is 4.92. The van der Waals surface area contributed by atoms with Crippen LogP contribution in [0.5, 0.6) is 5.75 Å². The molecule has 1 aliphatic heterocycles. The van der Waals surface area contributed by atoms with Gasteiger partial charge < -0.3 is 4.74 Å². The second-order valence-electron chi connectivity index (χ2n) is 5.03. The van der Waals surface area contributed by atoms with Crippen molar-refractivity contribution in [2.45, 2.75) is 24.7 Å². The van der Waals surface area contributed by atoms with Gasteiger partial charge >= 0.3 is 0 Å². The first kappa shape index (κ1) is 15.9. The molecule has 0 spiro atoms. The Morgan fingerprint density at radius 3 is 2.65 bits per heavy atom. The Morgan fingerprint density at radius 2 is 2.05 bits per heavy atom. The molecular weight excluding hydrogens is 321 g/mol. The number of hydrogen-bond acceptors (Lipinski definition) is 3. The molecule has 0 bridgehead atoms. The minimum atomic E-state index is -3.64. The number of piperidine rings is 1. The Balaban J connectivity index is 2.48. The Kier molecular flexibility index (Phi) is 4.84. The van der Waals surface area contributed by atoms with Crippen LogP contribution in [0, 0.1) is 5.92 Å². The number of hydrogen-bond donors (Lipinski definition) is 0. The zero-order chi connectivity index (χ0) is 14.9. The number of benzene rings is 1. The third-order valence-electron chi connectivity index (χ3n) is 3.42. The molecule has 1 unspecified atom stereocenters. The summed E-state index contributed by atoms with van der Waals surface area (Å²) in [6.45, 7) is 3.07. The second kappa shape index (κ2) is 6.10. The summed E-state index contributed by atoms with van der Waals surface area (Å²) in [5.41, 5.74) is 0. The average molecular weight is 338 g/mol. The van der Waals surface area contributed by atoms with E-state index in [1.807, 2.05) is 6.92 Å². The van der Waals surface area contributed by atoms with Gasteiger partial charge in [0.15, 0.2) is 5.75 Å². The lowest BCUT2D eigenvalue weighted by Gasteiger charge is -2.30. The number of sulfonamides is 1. The summed E-state index contributed by atoms with van der Waals surface area (Å²) >= 11 is 11.9. The standard InChI is InChI=1S/C13H17Cl2NO3S/c1-9-4-3-5-16(8-9)20(17,18)12-7-10(14)6-11(15)13(12)19-2/h6-7,9H,3-5,8H2,1-2H3. The van der Waals surface area contributed by atoms with Crippen molar-refractivity contribution < 1.29 is 13.2 Å². The summed E-state index contributed by atoms with van der Waals surface area (Å²) in [7, 11) is -2.25. The molecule has 0 amide bonds. The van der Waals surface area contributed by atoms with E-state index in [9.17, 15) is 8.42 Å². The van der Waals surface area contributed by atoms with Gasteiger partial charge in [0, 0.05) is 18.1 Å². The Morgan fingerprint density at radius 1 is 1.35 bits per heavy atom. The van der Waals surface area contributed by atoms with Crippen LogP contribution >= 0.6 is 23.2 Å². The molecule has 0 N–H and O–H groups in total. The van der Waals surface area contributed by atoms with Crippen molar-refractivity contribution in [3.8, 4) is 5.75 Å². The number of nitrogens with zero attached hydrogens (tertiary/aromatic N) is 1. The van der Waals surface area contributed by atoms with Crippen molar-refractivity contribution in [2.24, 2.45) is 5.92 Å². The maximum atomic E-state index is 12.7. The van der Waals surface area contributed by atoms with Crippen LogP contribution in [0.3, 0.4) is 0 Å². The fraction of sp³-hybridized carbons (Fsp3) is 0.538. The normalized spacial score (nSPS) is 20.9. The van der Waals surface area contributed by atoms with Gasteiger partial charge in [0.05, 0.1) is 12.1 Å². The first-order chi connectivity index (χ1) is 9.36. The quantitative estimate of drug-likeness (QED) is 0.848. The molecule has 1 fully saturated rings. The number of methoxy groups -OCH3 is 1. The molecule has 7 heteroatoms. The van der Waals surface area contributed by atoms with Crippen LogP contribution in [-0.2, 0) is 10.0 Å². The van der Waals surface area contributed by atoms with Crippen LogP contribution in [-0.4, -0.2) is 32.9 Å². The average Bonchev–Trinajstić information content (AvgIpc) is 2.38. The molecule has 0 aromatic heterocycles. The highest BCUT2D eigenvalue weighted by atomic mass is 35.5. The van der Waals surface area contributed by atoms with Crippen LogP contribution in [0.2, 0.25) is 10.0 Å². The van der Waals surface area contributed by atoms with E-state index >= 15 is 0 Å². The monoisotopic (exact) mass is 337 g/mol. The van der Waals surface area contributed by atoms with Crippen LogP contribution in [0.25, 0.3) is 0 Å². The molecule has 112 valence electrons. The molecular formula is C13H17Cl2NO3S. The molecule has 1 aromatic carbocycles. The van der Waals surface area contributed by atoms with Gasteiger partial charge in [-0.05, 0) is 30.9 Å². The van der Waals surface area contributed by atoms with E-state index in [2.05, 4.69) is 0 Å². The molecule has 1 aromatic rings. The maximum Gasteiger partial charge on any atom is 0.246 e. The van der Waals surface area contributed by atoms with Crippen molar-refractivity contribution in [2.75, 3.05) is 20.2 Å². The molecule has 1 aliphatic rings. The van der Waals surface area contributed by atoms with Crippen molar-refractivity contribution in [1.29, 1.82) is 0 Å². The lowest BCUT2D eigenvalue weighted by atomic mass is 10.0. The summed E-state index contributed by atoms with van der Waals surface area (Å²) in [4.78, 5) is 0.0339. The molecule has 1 saturated heterocycles. The third-order valence-corrected chi connectivity index (χ3v) is 5.79. The summed E-state index contributed by atoms with van der Waals surface area (Å²) in [6, 6.07) is 2.86. The number of rotatable bonds is 3. The van der Waals surface area contributed by atoms with E-state index < -0.39 is 10.0 Å². The first-order valence-electron chi connectivity index (χ1n) is 6.39. The van der Waals surface area contributed by atoms with Gasteiger partial charge in [-0.3, -0.25) is 0 Å². The Hall–Kier alpha value is -0.490. The maximum absolute atomic E-state index is 12.7. The van der Waals surface area contributed by atoms with Gasteiger partial charge in [-0.15, -0.1) is 0 Å². The molecule has 1 heterocycles. The lowest BCUT2D eigenvalue weighted by molar-refractivity contribution is 0.280. The summed E-state index contributed by atoms with van der Waals surface area (Å²) in [5.74, 6) is 0.494. The smallest absolute Gasteiger partial charge is 0.246 e. The van der Waals surface area contributed by atoms with Gasteiger partial charge in [0.25, 0.3) is 0 Å². The van der Waals surface area contributed by atoms with E-state index in [1.54, 1.807) is 0 Å². The van der Waals surface area contributed by atoms with E-state index in [0.717, 1.165) is 12.8 Å². The topological polar surface area (TPSA) is 46.6 Å². The van der Waals surface area contributed by atoms with E-state index in [1.165, 1.54) is 23.5 Å².